The van der Waals surface area contributed by atoms with E-state index in [4.69, 9.17) is 5.11 Å². The van der Waals surface area contributed by atoms with Crippen molar-refractivity contribution in [1.82, 2.24) is 5.32 Å². The van der Waals surface area contributed by atoms with Crippen molar-refractivity contribution in [2.45, 2.75) is 26.3 Å². The van der Waals surface area contributed by atoms with E-state index >= 15 is 0 Å². The minimum Gasteiger partial charge on any atom is -0.480 e. The van der Waals surface area contributed by atoms with Gasteiger partial charge in [-0.2, -0.15) is 0 Å². The van der Waals surface area contributed by atoms with Gasteiger partial charge in [-0.25, -0.2) is 9.18 Å². The SMILES string of the molecule is CC(C)CC(NC(=O)c1ccc(I)c(F)c1)C(=O)O. The molecule has 0 radical (unpaired) electrons. The highest BCUT2D eigenvalue weighted by molar-refractivity contribution is 14.1. The van der Waals surface area contributed by atoms with Crippen LogP contribution in [0.15, 0.2) is 18.2 Å². The zero-order valence-corrected chi connectivity index (χ0v) is 12.8. The van der Waals surface area contributed by atoms with Crippen molar-refractivity contribution in [3.05, 3.63) is 33.1 Å². The monoisotopic (exact) mass is 379 g/mol. The molecule has 0 aliphatic carbocycles. The topological polar surface area (TPSA) is 66.4 Å². The third kappa shape index (κ3) is 4.77. The molecular formula is C13H15FINO3. The Balaban J connectivity index is 2.81. The van der Waals surface area contributed by atoms with Gasteiger partial charge in [0.05, 0.1) is 0 Å². The fourth-order valence-corrected chi connectivity index (χ4v) is 1.91. The maximum absolute atomic E-state index is 13.3. The van der Waals surface area contributed by atoms with Crippen LogP contribution in [0.25, 0.3) is 0 Å². The Kier molecular flexibility index (Phi) is 5.71. The third-order valence-electron chi connectivity index (χ3n) is 2.49. The van der Waals surface area contributed by atoms with Gasteiger partial charge >= 0.3 is 5.97 Å². The van der Waals surface area contributed by atoms with Crippen molar-refractivity contribution in [2.75, 3.05) is 0 Å². The number of carboxylic acid groups (broad SMARTS) is 1. The minimum atomic E-state index is -1.09. The van der Waals surface area contributed by atoms with Crippen LogP contribution in [0.4, 0.5) is 4.39 Å². The number of amides is 1. The lowest BCUT2D eigenvalue weighted by molar-refractivity contribution is -0.139. The van der Waals surface area contributed by atoms with E-state index in [1.165, 1.54) is 12.1 Å². The summed E-state index contributed by atoms with van der Waals surface area (Å²) in [6.45, 7) is 3.74. The maximum Gasteiger partial charge on any atom is 0.326 e. The summed E-state index contributed by atoms with van der Waals surface area (Å²) in [7, 11) is 0. The summed E-state index contributed by atoms with van der Waals surface area (Å²) >= 11 is 1.82. The Bertz CT molecular complexity index is 491. The van der Waals surface area contributed by atoms with E-state index < -0.39 is 23.7 Å². The number of rotatable bonds is 5. The first-order valence-corrected chi connectivity index (χ1v) is 6.88. The molecule has 1 rings (SSSR count). The summed E-state index contributed by atoms with van der Waals surface area (Å²) < 4.78 is 13.8. The lowest BCUT2D eigenvalue weighted by Gasteiger charge is -2.16. The zero-order valence-electron chi connectivity index (χ0n) is 10.6. The van der Waals surface area contributed by atoms with E-state index in [1.807, 2.05) is 36.4 Å². The largest absolute Gasteiger partial charge is 0.480 e. The number of hydrogen-bond donors (Lipinski definition) is 2. The Morgan fingerprint density at radius 1 is 1.42 bits per heavy atom. The number of aliphatic carboxylic acids is 1. The van der Waals surface area contributed by atoms with Crippen LogP contribution in [0.3, 0.4) is 0 Å². The van der Waals surface area contributed by atoms with Crippen molar-refractivity contribution in [3.8, 4) is 0 Å². The second kappa shape index (κ2) is 6.83. The molecule has 1 aromatic rings. The molecule has 1 atom stereocenters. The van der Waals surface area contributed by atoms with Gasteiger partial charge in [-0.3, -0.25) is 4.79 Å². The van der Waals surface area contributed by atoms with Gasteiger partial charge in [0.1, 0.15) is 11.9 Å². The van der Waals surface area contributed by atoms with E-state index in [2.05, 4.69) is 5.32 Å². The second-order valence-corrected chi connectivity index (χ2v) is 5.78. The standard InChI is InChI=1S/C13H15FINO3/c1-7(2)5-11(13(18)19)16-12(17)8-3-4-10(15)9(14)6-8/h3-4,6-7,11H,5H2,1-2H3,(H,16,17)(H,18,19). The average molecular weight is 379 g/mol. The van der Waals surface area contributed by atoms with Gasteiger partial charge in [-0.05, 0) is 53.1 Å². The van der Waals surface area contributed by atoms with Crippen LogP contribution >= 0.6 is 22.6 Å². The van der Waals surface area contributed by atoms with E-state index in [0.29, 0.717) is 9.99 Å². The van der Waals surface area contributed by atoms with Crippen LogP contribution in [0.5, 0.6) is 0 Å². The number of carbonyl (C=O) groups excluding carboxylic acids is 1. The molecule has 104 valence electrons. The molecule has 0 saturated carbocycles. The molecule has 6 heteroatoms. The van der Waals surface area contributed by atoms with E-state index in [0.717, 1.165) is 6.07 Å². The highest BCUT2D eigenvalue weighted by Gasteiger charge is 2.22. The van der Waals surface area contributed by atoms with Crippen LogP contribution in [-0.4, -0.2) is 23.0 Å². The fourth-order valence-electron chi connectivity index (χ4n) is 1.57. The number of nitrogens with one attached hydrogen (secondary N) is 1. The second-order valence-electron chi connectivity index (χ2n) is 4.62. The summed E-state index contributed by atoms with van der Waals surface area (Å²) in [6.07, 6.45) is 0.327. The molecule has 19 heavy (non-hydrogen) atoms. The van der Waals surface area contributed by atoms with Gasteiger partial charge < -0.3 is 10.4 Å². The van der Waals surface area contributed by atoms with Crippen molar-refractivity contribution in [2.24, 2.45) is 5.92 Å². The Labute approximate surface area is 124 Å². The van der Waals surface area contributed by atoms with E-state index in [9.17, 15) is 14.0 Å². The van der Waals surface area contributed by atoms with E-state index in [1.54, 1.807) is 0 Å². The van der Waals surface area contributed by atoms with Crippen LogP contribution < -0.4 is 5.32 Å². The predicted octanol–water partition coefficient (Wildman–Crippen LogP) is 2.66. The molecule has 2 N–H and O–H groups in total. The molecule has 4 nitrogen and oxygen atoms in total. The molecule has 0 heterocycles. The first-order valence-electron chi connectivity index (χ1n) is 5.80. The lowest BCUT2D eigenvalue weighted by atomic mass is 10.0. The molecule has 0 aliphatic rings. The van der Waals surface area contributed by atoms with Crippen LogP contribution in [-0.2, 0) is 4.79 Å². The number of halogens is 2. The molecule has 1 aromatic carbocycles. The first kappa shape index (κ1) is 15.9. The number of carboxylic acids is 1. The van der Waals surface area contributed by atoms with Gasteiger partial charge in [0.15, 0.2) is 0 Å². The van der Waals surface area contributed by atoms with Gasteiger partial charge in [0.25, 0.3) is 5.91 Å². The molecule has 1 amide bonds. The van der Waals surface area contributed by atoms with Gasteiger partial charge in [-0.1, -0.05) is 13.8 Å². The number of hydrogen-bond acceptors (Lipinski definition) is 2. The fraction of sp³-hybridized carbons (Fsp3) is 0.385. The first-order chi connectivity index (χ1) is 8.81. The van der Waals surface area contributed by atoms with Crippen LogP contribution in [0, 0.1) is 15.3 Å². The molecule has 0 spiro atoms. The Morgan fingerprint density at radius 3 is 2.53 bits per heavy atom. The van der Waals surface area contributed by atoms with Crippen molar-refractivity contribution < 1.29 is 19.1 Å². The van der Waals surface area contributed by atoms with Gasteiger partial charge in [-0.15, -0.1) is 0 Å². The molecule has 0 fully saturated rings. The molecule has 0 aromatic heterocycles. The van der Waals surface area contributed by atoms with Crippen LogP contribution in [0.2, 0.25) is 0 Å². The predicted molar refractivity (Wildman–Crippen MR) is 77.5 cm³/mol. The molecule has 0 saturated heterocycles. The number of carbonyl (C=O) groups is 2. The minimum absolute atomic E-state index is 0.118. The molecular weight excluding hydrogens is 364 g/mol. The molecule has 0 aliphatic heterocycles. The Morgan fingerprint density at radius 2 is 2.05 bits per heavy atom. The van der Waals surface area contributed by atoms with Crippen molar-refractivity contribution in [1.29, 1.82) is 0 Å². The van der Waals surface area contributed by atoms with Crippen molar-refractivity contribution >= 4 is 34.5 Å². The zero-order chi connectivity index (χ0) is 14.6. The summed E-state index contributed by atoms with van der Waals surface area (Å²) in [5.74, 6) is -2.03. The summed E-state index contributed by atoms with van der Waals surface area (Å²) in [5.41, 5.74) is 0.118. The summed E-state index contributed by atoms with van der Waals surface area (Å²) in [4.78, 5) is 22.9. The quantitative estimate of drug-likeness (QED) is 0.774. The normalized spacial score (nSPS) is 12.3. The van der Waals surface area contributed by atoms with Gasteiger partial charge in [0.2, 0.25) is 0 Å². The summed E-state index contributed by atoms with van der Waals surface area (Å²) in [5, 5.41) is 11.4. The van der Waals surface area contributed by atoms with Crippen LogP contribution in [0.1, 0.15) is 30.6 Å². The smallest absolute Gasteiger partial charge is 0.326 e. The molecule has 0 bridgehead atoms. The maximum atomic E-state index is 13.3. The highest BCUT2D eigenvalue weighted by Crippen LogP contribution is 2.13. The van der Waals surface area contributed by atoms with E-state index in [-0.39, 0.29) is 11.5 Å². The average Bonchev–Trinajstić information content (AvgIpc) is 2.31. The number of benzene rings is 1. The Hall–Kier alpha value is -1.18. The third-order valence-corrected chi connectivity index (χ3v) is 3.37. The summed E-state index contributed by atoms with van der Waals surface area (Å²) in [6, 6.07) is 3.08. The highest BCUT2D eigenvalue weighted by atomic mass is 127. The lowest BCUT2D eigenvalue weighted by Crippen LogP contribution is -2.41. The van der Waals surface area contributed by atoms with Crippen molar-refractivity contribution in [3.63, 3.8) is 0 Å². The van der Waals surface area contributed by atoms with Gasteiger partial charge in [0, 0.05) is 9.13 Å². The molecule has 1 unspecified atom stereocenters.